The number of hydrogen-bond donors (Lipinski definition) is 1. The molecule has 1 amide bonds. The minimum absolute atomic E-state index is 0.212. The number of ether oxygens (including phenoxy) is 1. The number of para-hydroxylation sites is 1. The van der Waals surface area contributed by atoms with E-state index in [1.807, 2.05) is 30.3 Å². The van der Waals surface area contributed by atoms with Crippen LogP contribution in [0.5, 0.6) is 11.6 Å². The highest BCUT2D eigenvalue weighted by molar-refractivity contribution is 6.30. The zero-order valence-electron chi connectivity index (χ0n) is 16.4. The van der Waals surface area contributed by atoms with E-state index in [4.69, 9.17) is 16.3 Å². The molecule has 31 heavy (non-hydrogen) atoms. The van der Waals surface area contributed by atoms with Gasteiger partial charge < -0.3 is 10.1 Å². The Morgan fingerprint density at radius 3 is 2.45 bits per heavy atom. The van der Waals surface area contributed by atoms with Crippen molar-refractivity contribution in [1.29, 1.82) is 0 Å². The topological polar surface area (TPSA) is 86.1 Å². The molecule has 8 heteroatoms. The lowest BCUT2D eigenvalue weighted by molar-refractivity contribution is 0.101. The third-order valence-electron chi connectivity index (χ3n) is 4.35. The maximum atomic E-state index is 12.7. The van der Waals surface area contributed by atoms with Gasteiger partial charge in [-0.05, 0) is 49.4 Å². The lowest BCUT2D eigenvalue weighted by Gasteiger charge is -2.11. The van der Waals surface area contributed by atoms with E-state index in [9.17, 15) is 9.59 Å². The zero-order chi connectivity index (χ0) is 21.8. The number of amides is 1. The van der Waals surface area contributed by atoms with Crippen LogP contribution in [-0.4, -0.2) is 20.7 Å². The minimum Gasteiger partial charge on any atom is -0.439 e. The summed E-state index contributed by atoms with van der Waals surface area (Å²) in [5.41, 5.74) is 1.10. The SMILES string of the molecule is Cc1cc(=O)c(C(=O)Nc2ccc(Oc3ccc(Cl)cc3)nc2)nn1-c1ccccc1. The van der Waals surface area contributed by atoms with E-state index in [1.165, 1.54) is 12.3 Å². The summed E-state index contributed by atoms with van der Waals surface area (Å²) in [6, 6.07) is 20.8. The number of pyridine rings is 1. The largest absolute Gasteiger partial charge is 0.439 e. The van der Waals surface area contributed by atoms with Gasteiger partial charge in [0, 0.05) is 22.8 Å². The van der Waals surface area contributed by atoms with E-state index < -0.39 is 11.3 Å². The van der Waals surface area contributed by atoms with Crippen LogP contribution in [0, 0.1) is 6.92 Å². The molecule has 154 valence electrons. The van der Waals surface area contributed by atoms with Gasteiger partial charge in [-0.15, -0.1) is 0 Å². The number of nitrogens with zero attached hydrogens (tertiary/aromatic N) is 3. The van der Waals surface area contributed by atoms with Gasteiger partial charge in [0.25, 0.3) is 5.91 Å². The second kappa shape index (κ2) is 8.81. The first-order chi connectivity index (χ1) is 15.0. The molecule has 1 N–H and O–H groups in total. The molecule has 0 aliphatic rings. The van der Waals surface area contributed by atoms with Crippen molar-refractivity contribution >= 4 is 23.2 Å². The molecular formula is C23H17ClN4O3. The molecule has 4 aromatic rings. The first-order valence-corrected chi connectivity index (χ1v) is 9.74. The summed E-state index contributed by atoms with van der Waals surface area (Å²) in [5.74, 6) is 0.307. The molecule has 0 radical (unpaired) electrons. The normalized spacial score (nSPS) is 10.5. The Hall–Kier alpha value is -3.97. The molecule has 0 unspecified atom stereocenters. The van der Waals surface area contributed by atoms with Crippen molar-refractivity contribution in [3.63, 3.8) is 0 Å². The molecule has 0 bridgehead atoms. The van der Waals surface area contributed by atoms with Crippen LogP contribution in [0.25, 0.3) is 5.69 Å². The monoisotopic (exact) mass is 432 g/mol. The maximum Gasteiger partial charge on any atom is 0.280 e. The number of aryl methyl sites for hydroxylation is 1. The second-order valence-corrected chi connectivity index (χ2v) is 7.08. The third kappa shape index (κ3) is 4.79. The predicted molar refractivity (Wildman–Crippen MR) is 118 cm³/mol. The lowest BCUT2D eigenvalue weighted by atomic mass is 10.2. The standard InChI is InChI=1S/C23H17ClN4O3/c1-15-13-20(29)22(27-28(15)18-5-3-2-4-6-18)23(30)26-17-9-12-21(25-14-17)31-19-10-7-16(24)8-11-19/h2-14H,1H3,(H,26,30). The Kier molecular flexibility index (Phi) is 5.77. The number of halogens is 1. The molecule has 0 spiro atoms. The van der Waals surface area contributed by atoms with Gasteiger partial charge in [-0.3, -0.25) is 9.59 Å². The molecule has 2 aromatic carbocycles. The predicted octanol–water partition coefficient (Wildman–Crippen LogP) is 4.63. The summed E-state index contributed by atoms with van der Waals surface area (Å²) in [5, 5.41) is 7.51. The van der Waals surface area contributed by atoms with Crippen molar-refractivity contribution in [1.82, 2.24) is 14.8 Å². The quantitative estimate of drug-likeness (QED) is 0.496. The summed E-state index contributed by atoms with van der Waals surface area (Å²) in [6.45, 7) is 1.76. The van der Waals surface area contributed by atoms with Crippen molar-refractivity contribution in [3.05, 3.63) is 106 Å². The third-order valence-corrected chi connectivity index (χ3v) is 4.61. The Morgan fingerprint density at radius 1 is 1.03 bits per heavy atom. The van der Waals surface area contributed by atoms with E-state index in [0.29, 0.717) is 28.0 Å². The molecule has 7 nitrogen and oxygen atoms in total. The van der Waals surface area contributed by atoms with Gasteiger partial charge in [0.1, 0.15) is 5.75 Å². The van der Waals surface area contributed by atoms with Crippen LogP contribution in [0.3, 0.4) is 0 Å². The van der Waals surface area contributed by atoms with Gasteiger partial charge in [0.2, 0.25) is 11.3 Å². The van der Waals surface area contributed by atoms with Crippen LogP contribution in [0.1, 0.15) is 16.2 Å². The maximum absolute atomic E-state index is 12.7. The van der Waals surface area contributed by atoms with Crippen LogP contribution >= 0.6 is 11.6 Å². The molecule has 0 fully saturated rings. The summed E-state index contributed by atoms with van der Waals surface area (Å²) >= 11 is 5.86. The highest BCUT2D eigenvalue weighted by Crippen LogP contribution is 2.22. The zero-order valence-corrected chi connectivity index (χ0v) is 17.2. The number of hydrogen-bond acceptors (Lipinski definition) is 5. The average Bonchev–Trinajstić information content (AvgIpc) is 2.77. The fourth-order valence-electron chi connectivity index (χ4n) is 2.86. The van der Waals surface area contributed by atoms with Crippen LogP contribution in [0.2, 0.25) is 5.02 Å². The molecule has 0 saturated carbocycles. The highest BCUT2D eigenvalue weighted by Gasteiger charge is 2.16. The smallest absolute Gasteiger partial charge is 0.280 e. The van der Waals surface area contributed by atoms with Crippen molar-refractivity contribution < 1.29 is 9.53 Å². The molecule has 2 heterocycles. The number of benzene rings is 2. The fourth-order valence-corrected chi connectivity index (χ4v) is 2.99. The minimum atomic E-state index is -0.622. The van der Waals surface area contributed by atoms with Crippen molar-refractivity contribution in [3.8, 4) is 17.3 Å². The first-order valence-electron chi connectivity index (χ1n) is 9.37. The van der Waals surface area contributed by atoms with E-state index >= 15 is 0 Å². The number of aromatic nitrogens is 3. The van der Waals surface area contributed by atoms with Crippen LogP contribution in [0.15, 0.2) is 83.8 Å². The summed E-state index contributed by atoms with van der Waals surface area (Å²) in [6.07, 6.45) is 1.44. The summed E-state index contributed by atoms with van der Waals surface area (Å²) in [4.78, 5) is 29.2. The highest BCUT2D eigenvalue weighted by atomic mass is 35.5. The van der Waals surface area contributed by atoms with E-state index in [-0.39, 0.29) is 5.69 Å². The van der Waals surface area contributed by atoms with Crippen molar-refractivity contribution in [2.24, 2.45) is 0 Å². The van der Waals surface area contributed by atoms with Crippen LogP contribution < -0.4 is 15.5 Å². The molecule has 2 aromatic heterocycles. The Bertz CT molecular complexity index is 1270. The molecule has 0 aliphatic carbocycles. The fraction of sp³-hybridized carbons (Fsp3) is 0.0435. The Balaban J connectivity index is 1.51. The number of nitrogens with one attached hydrogen (secondary N) is 1. The average molecular weight is 433 g/mol. The molecular weight excluding hydrogens is 416 g/mol. The van der Waals surface area contributed by atoms with Crippen LogP contribution in [-0.2, 0) is 0 Å². The Labute approximate surface area is 182 Å². The molecule has 0 aliphatic heterocycles. The summed E-state index contributed by atoms with van der Waals surface area (Å²) < 4.78 is 7.18. The van der Waals surface area contributed by atoms with Gasteiger partial charge in [0.15, 0.2) is 5.69 Å². The van der Waals surface area contributed by atoms with Gasteiger partial charge in [-0.1, -0.05) is 29.8 Å². The van der Waals surface area contributed by atoms with Gasteiger partial charge in [-0.2, -0.15) is 5.10 Å². The van der Waals surface area contributed by atoms with E-state index in [0.717, 1.165) is 5.69 Å². The number of rotatable bonds is 5. The second-order valence-electron chi connectivity index (χ2n) is 6.64. The number of anilines is 1. The first kappa shape index (κ1) is 20.3. The van der Waals surface area contributed by atoms with Gasteiger partial charge in [-0.25, -0.2) is 9.67 Å². The lowest BCUT2D eigenvalue weighted by Crippen LogP contribution is -2.26. The Morgan fingerprint density at radius 2 is 1.77 bits per heavy atom. The van der Waals surface area contributed by atoms with Gasteiger partial charge >= 0.3 is 0 Å². The van der Waals surface area contributed by atoms with E-state index in [1.54, 1.807) is 48.0 Å². The van der Waals surface area contributed by atoms with E-state index in [2.05, 4.69) is 15.4 Å². The van der Waals surface area contributed by atoms with Gasteiger partial charge in [0.05, 0.1) is 17.6 Å². The van der Waals surface area contributed by atoms with Crippen molar-refractivity contribution in [2.45, 2.75) is 6.92 Å². The van der Waals surface area contributed by atoms with Crippen LogP contribution in [0.4, 0.5) is 5.69 Å². The summed E-state index contributed by atoms with van der Waals surface area (Å²) in [7, 11) is 0. The van der Waals surface area contributed by atoms with Crippen molar-refractivity contribution in [2.75, 3.05) is 5.32 Å². The number of carbonyl (C=O) groups excluding carboxylic acids is 1. The number of carbonyl (C=O) groups is 1. The molecule has 0 saturated heterocycles. The molecule has 4 rings (SSSR count). The molecule has 0 atom stereocenters.